The van der Waals surface area contributed by atoms with Crippen molar-refractivity contribution in [3.8, 4) is 17.2 Å². The van der Waals surface area contributed by atoms with Crippen molar-refractivity contribution in [3.63, 3.8) is 0 Å². The largest absolute Gasteiger partial charge is 0.502 e. The second-order valence-corrected chi connectivity index (χ2v) is 4.72. The van der Waals surface area contributed by atoms with Crippen molar-refractivity contribution in [2.24, 2.45) is 0 Å². The summed E-state index contributed by atoms with van der Waals surface area (Å²) in [5.41, 5.74) is 0. The van der Waals surface area contributed by atoms with Gasteiger partial charge in [-0.3, -0.25) is 0 Å². The lowest BCUT2D eigenvalue weighted by molar-refractivity contribution is 0.169. The zero-order chi connectivity index (χ0) is 14.3. The van der Waals surface area contributed by atoms with Crippen LogP contribution in [-0.2, 0) is 0 Å². The predicted octanol–water partition coefficient (Wildman–Crippen LogP) is 4.53. The van der Waals surface area contributed by atoms with Crippen molar-refractivity contribution < 1.29 is 14.6 Å². The third-order valence-corrected chi connectivity index (χ3v) is 3.37. The van der Waals surface area contributed by atoms with Gasteiger partial charge in [0.1, 0.15) is 0 Å². The molecule has 19 heavy (non-hydrogen) atoms. The minimum atomic E-state index is 0.112. The second-order valence-electron chi connectivity index (χ2n) is 4.72. The highest BCUT2D eigenvalue weighted by Crippen LogP contribution is 2.37. The molecule has 0 atom stereocenters. The van der Waals surface area contributed by atoms with Gasteiger partial charge in [-0.2, -0.15) is 0 Å². The maximum Gasteiger partial charge on any atom is 0.200 e. The fraction of sp³-hybridized carbons (Fsp3) is 0.625. The Morgan fingerprint density at radius 2 is 1.21 bits per heavy atom. The number of hydrogen-bond acceptors (Lipinski definition) is 3. The number of rotatable bonds is 8. The van der Waals surface area contributed by atoms with Gasteiger partial charge in [0.25, 0.3) is 0 Å². The Morgan fingerprint density at radius 3 is 1.53 bits per heavy atom. The van der Waals surface area contributed by atoms with Crippen LogP contribution in [0.1, 0.15) is 53.4 Å². The lowest BCUT2D eigenvalue weighted by Gasteiger charge is -2.20. The molecule has 3 nitrogen and oxygen atoms in total. The van der Waals surface area contributed by atoms with Gasteiger partial charge in [0.15, 0.2) is 11.5 Å². The molecule has 108 valence electrons. The van der Waals surface area contributed by atoms with E-state index in [1.54, 1.807) is 12.1 Å². The average Bonchev–Trinajstić information content (AvgIpc) is 2.45. The third-order valence-electron chi connectivity index (χ3n) is 3.37. The van der Waals surface area contributed by atoms with E-state index in [9.17, 15) is 5.11 Å². The van der Waals surface area contributed by atoms with Crippen molar-refractivity contribution in [1.29, 1.82) is 0 Å². The molecule has 0 radical (unpaired) electrons. The van der Waals surface area contributed by atoms with Crippen molar-refractivity contribution in [2.75, 3.05) is 0 Å². The molecule has 0 bridgehead atoms. The summed E-state index contributed by atoms with van der Waals surface area (Å²) in [4.78, 5) is 0. The van der Waals surface area contributed by atoms with E-state index in [0.717, 1.165) is 25.7 Å². The zero-order valence-corrected chi connectivity index (χ0v) is 12.5. The highest BCUT2D eigenvalue weighted by molar-refractivity contribution is 5.50. The number of para-hydroxylation sites is 1. The van der Waals surface area contributed by atoms with E-state index in [0.29, 0.717) is 11.5 Å². The molecule has 0 aliphatic heterocycles. The molecule has 3 heteroatoms. The van der Waals surface area contributed by atoms with Crippen LogP contribution < -0.4 is 9.47 Å². The molecule has 0 unspecified atom stereocenters. The van der Waals surface area contributed by atoms with Crippen LogP contribution in [0.15, 0.2) is 18.2 Å². The molecule has 0 amide bonds. The number of phenolic OH excluding ortho intramolecular Hbond substituents is 1. The van der Waals surface area contributed by atoms with E-state index in [2.05, 4.69) is 27.7 Å². The minimum Gasteiger partial charge on any atom is -0.502 e. The summed E-state index contributed by atoms with van der Waals surface area (Å²) in [6.45, 7) is 8.32. The Balaban J connectivity index is 2.85. The second kappa shape index (κ2) is 7.93. The third kappa shape index (κ3) is 4.34. The molecule has 1 aromatic carbocycles. The van der Waals surface area contributed by atoms with Crippen LogP contribution in [0.2, 0.25) is 0 Å². The van der Waals surface area contributed by atoms with E-state index in [-0.39, 0.29) is 18.0 Å². The predicted molar refractivity (Wildman–Crippen MR) is 78.1 cm³/mol. The first kappa shape index (κ1) is 15.7. The maximum atomic E-state index is 10.2. The Bertz CT molecular complexity index is 336. The average molecular weight is 266 g/mol. The molecule has 0 fully saturated rings. The molecule has 1 rings (SSSR count). The quantitative estimate of drug-likeness (QED) is 0.751. The summed E-state index contributed by atoms with van der Waals surface area (Å²) in [7, 11) is 0. The van der Waals surface area contributed by atoms with Gasteiger partial charge in [-0.05, 0) is 37.8 Å². The van der Waals surface area contributed by atoms with E-state index >= 15 is 0 Å². The molecule has 0 aromatic heterocycles. The standard InChI is InChI=1S/C16H26O3/c1-5-12(6-2)18-14-10-9-11-15(16(14)17)19-13(7-3)8-4/h9-13,17H,5-8H2,1-4H3. The van der Waals surface area contributed by atoms with Crippen LogP contribution in [-0.4, -0.2) is 17.3 Å². The van der Waals surface area contributed by atoms with E-state index in [4.69, 9.17) is 9.47 Å². The zero-order valence-electron chi connectivity index (χ0n) is 12.5. The number of ether oxygens (including phenoxy) is 2. The monoisotopic (exact) mass is 266 g/mol. The van der Waals surface area contributed by atoms with Crippen molar-refractivity contribution >= 4 is 0 Å². The topological polar surface area (TPSA) is 38.7 Å². The lowest BCUT2D eigenvalue weighted by Crippen LogP contribution is -2.15. The highest BCUT2D eigenvalue weighted by atomic mass is 16.5. The van der Waals surface area contributed by atoms with Gasteiger partial charge >= 0.3 is 0 Å². The molecule has 0 saturated heterocycles. The smallest absolute Gasteiger partial charge is 0.200 e. The molecule has 1 N–H and O–H groups in total. The van der Waals surface area contributed by atoms with Crippen LogP contribution in [0.4, 0.5) is 0 Å². The summed E-state index contributed by atoms with van der Waals surface area (Å²) < 4.78 is 11.6. The van der Waals surface area contributed by atoms with E-state index in [1.165, 1.54) is 0 Å². The number of aromatic hydroxyl groups is 1. The molecule has 0 aliphatic rings. The molecular formula is C16H26O3. The van der Waals surface area contributed by atoms with Gasteiger partial charge in [-0.15, -0.1) is 0 Å². The van der Waals surface area contributed by atoms with Crippen molar-refractivity contribution in [1.82, 2.24) is 0 Å². The Kier molecular flexibility index (Phi) is 6.54. The summed E-state index contributed by atoms with van der Waals surface area (Å²) in [6.07, 6.45) is 3.96. The fourth-order valence-corrected chi connectivity index (χ4v) is 1.96. The van der Waals surface area contributed by atoms with Crippen molar-refractivity contribution in [3.05, 3.63) is 18.2 Å². The summed E-state index contributed by atoms with van der Waals surface area (Å²) in [5.74, 6) is 1.13. The van der Waals surface area contributed by atoms with Gasteiger partial charge < -0.3 is 14.6 Å². The molecule has 0 heterocycles. The van der Waals surface area contributed by atoms with Crippen LogP contribution in [0.5, 0.6) is 17.2 Å². The van der Waals surface area contributed by atoms with Gasteiger partial charge in [0, 0.05) is 0 Å². The molecule has 0 spiro atoms. The Labute approximate surface area is 116 Å². The first-order valence-electron chi connectivity index (χ1n) is 7.31. The minimum absolute atomic E-state index is 0.112. The SMILES string of the molecule is CCC(CC)Oc1cccc(OC(CC)CC)c1O. The van der Waals surface area contributed by atoms with Crippen LogP contribution in [0, 0.1) is 0 Å². The molecular weight excluding hydrogens is 240 g/mol. The normalized spacial score (nSPS) is 11.1. The van der Waals surface area contributed by atoms with Crippen LogP contribution in [0.3, 0.4) is 0 Å². The first-order valence-corrected chi connectivity index (χ1v) is 7.31. The summed E-state index contributed by atoms with van der Waals surface area (Å²) in [5, 5.41) is 10.2. The van der Waals surface area contributed by atoms with Gasteiger partial charge in [-0.1, -0.05) is 33.8 Å². The number of hydrogen-bond donors (Lipinski definition) is 1. The van der Waals surface area contributed by atoms with Crippen molar-refractivity contribution in [2.45, 2.75) is 65.6 Å². The Morgan fingerprint density at radius 1 is 0.842 bits per heavy atom. The van der Waals surface area contributed by atoms with Gasteiger partial charge in [0.05, 0.1) is 12.2 Å². The van der Waals surface area contributed by atoms with Crippen LogP contribution >= 0.6 is 0 Å². The highest BCUT2D eigenvalue weighted by Gasteiger charge is 2.15. The van der Waals surface area contributed by atoms with Gasteiger partial charge in [-0.25, -0.2) is 0 Å². The number of benzene rings is 1. The van der Waals surface area contributed by atoms with E-state index < -0.39 is 0 Å². The number of phenols is 1. The van der Waals surface area contributed by atoms with Crippen LogP contribution in [0.25, 0.3) is 0 Å². The summed E-state index contributed by atoms with van der Waals surface area (Å²) >= 11 is 0. The van der Waals surface area contributed by atoms with E-state index in [1.807, 2.05) is 6.07 Å². The summed E-state index contributed by atoms with van der Waals surface area (Å²) in [6, 6.07) is 5.43. The molecule has 0 aliphatic carbocycles. The maximum absolute atomic E-state index is 10.2. The fourth-order valence-electron chi connectivity index (χ4n) is 1.96. The first-order chi connectivity index (χ1) is 9.15. The Hall–Kier alpha value is -1.38. The van der Waals surface area contributed by atoms with Gasteiger partial charge in [0.2, 0.25) is 5.75 Å². The molecule has 0 saturated carbocycles. The lowest BCUT2D eigenvalue weighted by atomic mass is 10.2. The molecule has 1 aromatic rings.